The Hall–Kier alpha value is -3.55. The van der Waals surface area contributed by atoms with Gasteiger partial charge in [0.25, 0.3) is 0 Å². The van der Waals surface area contributed by atoms with E-state index in [-0.39, 0.29) is 25.7 Å². The van der Waals surface area contributed by atoms with E-state index in [0.29, 0.717) is 11.5 Å². The SMILES string of the molecule is CCOC(=O)N[C@H](CC(=O)N/N=C\c1cc2c(cc1C)OCO2)c1ccccc1. The fourth-order valence-electron chi connectivity index (χ4n) is 2.86. The predicted octanol–water partition coefficient (Wildman–Crippen LogP) is 3.05. The topological polar surface area (TPSA) is 98.2 Å². The summed E-state index contributed by atoms with van der Waals surface area (Å²) in [6.07, 6.45) is 0.986. The summed E-state index contributed by atoms with van der Waals surface area (Å²) < 4.78 is 15.6. The van der Waals surface area contributed by atoms with Crippen molar-refractivity contribution in [3.8, 4) is 11.5 Å². The number of benzene rings is 2. The molecule has 2 aromatic carbocycles. The quantitative estimate of drug-likeness (QED) is 0.553. The number of nitrogens with one attached hydrogen (secondary N) is 2. The highest BCUT2D eigenvalue weighted by molar-refractivity contribution is 5.85. The molecule has 2 aromatic rings. The Bertz CT molecular complexity index is 899. The first-order chi connectivity index (χ1) is 14.1. The standard InChI is InChI=1S/C21H23N3O5/c1-3-27-21(26)23-17(15-7-5-4-6-8-15)11-20(25)24-22-12-16-10-19-18(9-14(16)2)28-13-29-19/h4-10,12,17H,3,11,13H2,1-2H3,(H,23,26)(H,24,25)/b22-12-/t17-/m1/s1. The van der Waals surface area contributed by atoms with Gasteiger partial charge in [-0.1, -0.05) is 30.3 Å². The molecule has 0 unspecified atom stereocenters. The van der Waals surface area contributed by atoms with Crippen molar-refractivity contribution in [2.45, 2.75) is 26.3 Å². The molecule has 3 rings (SSSR count). The van der Waals surface area contributed by atoms with Crippen LogP contribution in [0.3, 0.4) is 0 Å². The zero-order chi connectivity index (χ0) is 20.6. The molecule has 8 nitrogen and oxygen atoms in total. The summed E-state index contributed by atoms with van der Waals surface area (Å²) in [7, 11) is 0. The third kappa shape index (κ3) is 5.47. The lowest BCUT2D eigenvalue weighted by atomic mass is 10.0. The van der Waals surface area contributed by atoms with Gasteiger partial charge >= 0.3 is 6.09 Å². The normalized spacial score (nSPS) is 13.2. The number of carbonyl (C=O) groups is 2. The van der Waals surface area contributed by atoms with E-state index >= 15 is 0 Å². The third-order valence-corrected chi connectivity index (χ3v) is 4.31. The number of nitrogens with zero attached hydrogens (tertiary/aromatic N) is 1. The average Bonchev–Trinajstić information content (AvgIpc) is 3.15. The second-order valence-corrected chi connectivity index (χ2v) is 6.39. The van der Waals surface area contributed by atoms with Crippen molar-refractivity contribution in [1.82, 2.24) is 10.7 Å². The highest BCUT2D eigenvalue weighted by Gasteiger charge is 2.19. The first kappa shape index (κ1) is 20.2. The van der Waals surface area contributed by atoms with Crippen LogP contribution in [0.1, 0.15) is 36.1 Å². The van der Waals surface area contributed by atoms with Gasteiger partial charge in [0.1, 0.15) is 0 Å². The van der Waals surface area contributed by atoms with Crippen molar-refractivity contribution in [2.75, 3.05) is 13.4 Å². The molecule has 29 heavy (non-hydrogen) atoms. The molecular formula is C21H23N3O5. The van der Waals surface area contributed by atoms with Gasteiger partial charge in [-0.05, 0) is 37.1 Å². The van der Waals surface area contributed by atoms with E-state index in [1.165, 1.54) is 0 Å². The first-order valence-electron chi connectivity index (χ1n) is 9.27. The molecule has 0 bridgehead atoms. The highest BCUT2D eigenvalue weighted by atomic mass is 16.7. The second-order valence-electron chi connectivity index (χ2n) is 6.39. The van der Waals surface area contributed by atoms with E-state index in [4.69, 9.17) is 14.2 Å². The van der Waals surface area contributed by atoms with Gasteiger partial charge in [-0.25, -0.2) is 10.2 Å². The summed E-state index contributed by atoms with van der Waals surface area (Å²) in [5.74, 6) is 0.996. The molecule has 0 fully saturated rings. The zero-order valence-electron chi connectivity index (χ0n) is 16.3. The Morgan fingerprint density at radius 2 is 1.93 bits per heavy atom. The number of hydrogen-bond acceptors (Lipinski definition) is 6. The highest BCUT2D eigenvalue weighted by Crippen LogP contribution is 2.34. The van der Waals surface area contributed by atoms with Crippen LogP contribution in [-0.2, 0) is 9.53 Å². The molecule has 0 spiro atoms. The molecular weight excluding hydrogens is 374 g/mol. The van der Waals surface area contributed by atoms with Gasteiger partial charge in [0.05, 0.1) is 25.3 Å². The lowest BCUT2D eigenvalue weighted by molar-refractivity contribution is -0.121. The van der Waals surface area contributed by atoms with Crippen LogP contribution in [0, 0.1) is 6.92 Å². The Kier molecular flexibility index (Phi) is 6.67. The van der Waals surface area contributed by atoms with Crippen LogP contribution in [0.25, 0.3) is 0 Å². The molecule has 1 atom stereocenters. The molecule has 0 saturated heterocycles. The van der Waals surface area contributed by atoms with Gasteiger partial charge in [-0.15, -0.1) is 0 Å². The van der Waals surface area contributed by atoms with E-state index < -0.39 is 12.1 Å². The minimum absolute atomic E-state index is 0.0142. The maximum Gasteiger partial charge on any atom is 0.407 e. The van der Waals surface area contributed by atoms with E-state index in [1.54, 1.807) is 13.1 Å². The first-order valence-corrected chi connectivity index (χ1v) is 9.27. The third-order valence-electron chi connectivity index (χ3n) is 4.31. The van der Waals surface area contributed by atoms with Gasteiger partial charge in [0.15, 0.2) is 11.5 Å². The Balaban J connectivity index is 1.62. The van der Waals surface area contributed by atoms with Crippen molar-refractivity contribution in [3.05, 3.63) is 59.2 Å². The minimum atomic E-state index is -0.575. The fourth-order valence-corrected chi connectivity index (χ4v) is 2.86. The molecule has 1 aliphatic rings. The van der Waals surface area contributed by atoms with Crippen LogP contribution < -0.4 is 20.2 Å². The summed E-state index contributed by atoms with van der Waals surface area (Å²) in [4.78, 5) is 24.2. The zero-order valence-corrected chi connectivity index (χ0v) is 16.3. The smallest absolute Gasteiger partial charge is 0.407 e. The predicted molar refractivity (Wildman–Crippen MR) is 107 cm³/mol. The van der Waals surface area contributed by atoms with Gasteiger partial charge in [0, 0.05) is 5.56 Å². The summed E-state index contributed by atoms with van der Waals surface area (Å²) in [5.41, 5.74) is 5.04. The summed E-state index contributed by atoms with van der Waals surface area (Å²) in [5, 5.41) is 6.73. The van der Waals surface area contributed by atoms with Crippen LogP contribution in [0.15, 0.2) is 47.6 Å². The van der Waals surface area contributed by atoms with Gasteiger partial charge < -0.3 is 19.5 Å². The van der Waals surface area contributed by atoms with E-state index in [9.17, 15) is 9.59 Å². The van der Waals surface area contributed by atoms with E-state index in [2.05, 4.69) is 15.8 Å². The lowest BCUT2D eigenvalue weighted by Crippen LogP contribution is -2.33. The van der Waals surface area contributed by atoms with Gasteiger partial charge in [-0.3, -0.25) is 4.79 Å². The molecule has 8 heteroatoms. The number of amides is 2. The van der Waals surface area contributed by atoms with E-state index in [0.717, 1.165) is 16.7 Å². The van der Waals surface area contributed by atoms with Gasteiger partial charge in [-0.2, -0.15) is 5.10 Å². The summed E-state index contributed by atoms with van der Waals surface area (Å²) in [6, 6.07) is 12.4. The fraction of sp³-hybridized carbons (Fsp3) is 0.286. The van der Waals surface area contributed by atoms with Crippen molar-refractivity contribution in [2.24, 2.45) is 5.10 Å². The number of carbonyl (C=O) groups excluding carboxylic acids is 2. The molecule has 1 aliphatic heterocycles. The molecule has 2 N–H and O–H groups in total. The molecule has 2 amide bonds. The second kappa shape index (κ2) is 9.59. The number of alkyl carbamates (subject to hydrolysis) is 1. The maximum absolute atomic E-state index is 12.4. The average molecular weight is 397 g/mol. The number of fused-ring (bicyclic) bond motifs is 1. The Morgan fingerprint density at radius 3 is 2.66 bits per heavy atom. The largest absolute Gasteiger partial charge is 0.454 e. The van der Waals surface area contributed by atoms with E-state index in [1.807, 2.05) is 49.4 Å². The maximum atomic E-state index is 12.4. The van der Waals surface area contributed by atoms with Crippen LogP contribution in [-0.4, -0.2) is 31.6 Å². The summed E-state index contributed by atoms with van der Waals surface area (Å²) in [6.45, 7) is 4.08. The number of hydrazone groups is 1. The number of ether oxygens (including phenoxy) is 3. The number of aryl methyl sites for hydroxylation is 1. The van der Waals surface area contributed by atoms with Crippen LogP contribution in [0.5, 0.6) is 11.5 Å². The molecule has 0 aromatic heterocycles. The molecule has 1 heterocycles. The van der Waals surface area contributed by atoms with Crippen molar-refractivity contribution in [3.63, 3.8) is 0 Å². The number of hydrogen-bond donors (Lipinski definition) is 2. The van der Waals surface area contributed by atoms with Crippen LogP contribution in [0.2, 0.25) is 0 Å². The van der Waals surface area contributed by atoms with Crippen molar-refractivity contribution >= 4 is 18.2 Å². The van der Waals surface area contributed by atoms with Crippen LogP contribution in [0.4, 0.5) is 4.79 Å². The molecule has 0 aliphatic carbocycles. The summed E-state index contributed by atoms with van der Waals surface area (Å²) >= 11 is 0. The van der Waals surface area contributed by atoms with Crippen LogP contribution >= 0.6 is 0 Å². The monoisotopic (exact) mass is 397 g/mol. The minimum Gasteiger partial charge on any atom is -0.454 e. The Labute approximate surface area is 168 Å². The molecule has 0 radical (unpaired) electrons. The Morgan fingerprint density at radius 1 is 1.21 bits per heavy atom. The lowest BCUT2D eigenvalue weighted by Gasteiger charge is -2.18. The number of rotatable bonds is 7. The van der Waals surface area contributed by atoms with Crippen molar-refractivity contribution in [1.29, 1.82) is 0 Å². The molecule has 0 saturated carbocycles. The molecule has 152 valence electrons. The van der Waals surface area contributed by atoms with Gasteiger partial charge in [0.2, 0.25) is 12.7 Å². The van der Waals surface area contributed by atoms with Crippen molar-refractivity contribution < 1.29 is 23.8 Å².